The molecule has 0 fully saturated rings. The van der Waals surface area contributed by atoms with E-state index in [2.05, 4.69) is 15.3 Å². The zero-order chi connectivity index (χ0) is 23.8. The highest BCUT2D eigenvalue weighted by Gasteiger charge is 2.13. The van der Waals surface area contributed by atoms with E-state index in [0.29, 0.717) is 24.7 Å². The summed E-state index contributed by atoms with van der Waals surface area (Å²) in [7, 11) is 5.56. The lowest BCUT2D eigenvalue weighted by Crippen LogP contribution is -2.11. The molecule has 2 aromatic carbocycles. The maximum Gasteiger partial charge on any atom is 0.159 e. The number of hydrogen-bond donors (Lipinski definition) is 1. The minimum absolute atomic E-state index is 0.0152. The molecule has 0 aliphatic heterocycles. The van der Waals surface area contributed by atoms with Crippen LogP contribution in [-0.4, -0.2) is 60.8 Å². The number of carbonyl (C=O) groups excluding carboxylic acids is 1. The second kappa shape index (κ2) is 12.1. The fourth-order valence-electron chi connectivity index (χ4n) is 3.09. The number of carbonyl (C=O) groups is 1. The summed E-state index contributed by atoms with van der Waals surface area (Å²) in [5, 5.41) is 3.96. The van der Waals surface area contributed by atoms with Crippen LogP contribution in [0.1, 0.15) is 5.56 Å². The summed E-state index contributed by atoms with van der Waals surface area (Å²) in [6.07, 6.45) is 5.20. The number of benzene rings is 2. The molecule has 0 saturated carbocycles. The Morgan fingerprint density at radius 2 is 2.09 bits per heavy atom. The first kappa shape index (κ1) is 25.1. The smallest absolute Gasteiger partial charge is 0.159 e. The molecule has 0 spiro atoms. The lowest BCUT2D eigenvalue weighted by atomic mass is 10.1. The highest BCUT2D eigenvalue weighted by Crippen LogP contribution is 2.32. The van der Waals surface area contributed by atoms with Gasteiger partial charge in [-0.1, -0.05) is 17.7 Å². The minimum Gasteiger partial charge on any atom is -0.384 e. The maximum atomic E-state index is 13.5. The molecule has 0 aliphatic carbocycles. The normalized spacial score (nSPS) is 11.6. The Morgan fingerprint density at radius 3 is 2.82 bits per heavy atom. The molecule has 0 saturated heterocycles. The van der Waals surface area contributed by atoms with Gasteiger partial charge in [0.2, 0.25) is 0 Å². The van der Waals surface area contributed by atoms with E-state index in [1.165, 1.54) is 18.5 Å². The molecule has 0 bridgehead atoms. The van der Waals surface area contributed by atoms with Crippen LogP contribution in [0.3, 0.4) is 0 Å². The Labute approximate surface area is 202 Å². The maximum absolute atomic E-state index is 13.5. The Bertz CT molecular complexity index is 1160. The zero-order valence-corrected chi connectivity index (χ0v) is 20.3. The van der Waals surface area contributed by atoms with Crippen LogP contribution in [0.5, 0.6) is 0 Å². The van der Waals surface area contributed by atoms with Crippen molar-refractivity contribution >= 4 is 51.6 Å². The van der Waals surface area contributed by atoms with Crippen LogP contribution in [0.2, 0.25) is 5.02 Å². The van der Waals surface area contributed by atoms with Gasteiger partial charge in [-0.2, -0.15) is 0 Å². The SMILES string of the molecule is COCCSc1cc2ncnc(Nc3ccc(F)c(Cl)c3)c2cc1CC(=O)/C=C/CN(C)C. The molecule has 1 N–H and O–H groups in total. The van der Waals surface area contributed by atoms with Crippen LogP contribution in [-0.2, 0) is 16.0 Å². The van der Waals surface area contributed by atoms with E-state index in [4.69, 9.17) is 16.3 Å². The molecule has 6 nitrogen and oxygen atoms in total. The lowest BCUT2D eigenvalue weighted by molar-refractivity contribution is -0.114. The number of allylic oxidation sites excluding steroid dienone is 1. The first-order valence-electron chi connectivity index (χ1n) is 10.3. The van der Waals surface area contributed by atoms with Gasteiger partial charge in [-0.3, -0.25) is 4.79 Å². The third kappa shape index (κ3) is 7.23. The Kier molecular flexibility index (Phi) is 9.20. The van der Waals surface area contributed by atoms with Gasteiger partial charge in [0.1, 0.15) is 18.0 Å². The summed E-state index contributed by atoms with van der Waals surface area (Å²) in [4.78, 5) is 24.4. The van der Waals surface area contributed by atoms with Crippen molar-refractivity contribution in [1.82, 2.24) is 14.9 Å². The molecule has 3 rings (SSSR count). The summed E-state index contributed by atoms with van der Waals surface area (Å²) in [6, 6.07) is 8.29. The number of rotatable bonds is 11. The Morgan fingerprint density at radius 1 is 1.27 bits per heavy atom. The summed E-state index contributed by atoms with van der Waals surface area (Å²) in [5.41, 5.74) is 2.22. The number of ketones is 1. The molecule has 0 amide bonds. The van der Waals surface area contributed by atoms with E-state index in [9.17, 15) is 9.18 Å². The van der Waals surface area contributed by atoms with Crippen LogP contribution in [0, 0.1) is 5.82 Å². The van der Waals surface area contributed by atoms with Crippen molar-refractivity contribution in [3.63, 3.8) is 0 Å². The highest BCUT2D eigenvalue weighted by molar-refractivity contribution is 7.99. The van der Waals surface area contributed by atoms with Crippen molar-refractivity contribution < 1.29 is 13.9 Å². The number of anilines is 2. The number of thioether (sulfide) groups is 1. The number of methoxy groups -OCH3 is 1. The molecule has 1 aromatic heterocycles. The van der Waals surface area contributed by atoms with Gasteiger partial charge < -0.3 is 15.0 Å². The van der Waals surface area contributed by atoms with Crippen LogP contribution in [0.25, 0.3) is 10.9 Å². The second-order valence-corrected chi connectivity index (χ2v) is 9.15. The van der Waals surface area contributed by atoms with E-state index in [-0.39, 0.29) is 17.2 Å². The Hall–Kier alpha value is -2.52. The summed E-state index contributed by atoms with van der Waals surface area (Å²) in [6.45, 7) is 1.29. The van der Waals surface area contributed by atoms with Crippen LogP contribution in [0.15, 0.2) is 53.7 Å². The number of nitrogens with zero attached hydrogens (tertiary/aromatic N) is 3. The van der Waals surface area contributed by atoms with Gasteiger partial charge in [0.15, 0.2) is 5.78 Å². The predicted octanol–water partition coefficient (Wildman–Crippen LogP) is 5.13. The first-order chi connectivity index (χ1) is 15.9. The number of halogens is 2. The van der Waals surface area contributed by atoms with E-state index >= 15 is 0 Å². The molecular weight excluding hydrogens is 463 g/mol. The third-order valence-corrected chi connectivity index (χ3v) is 6.04. The fraction of sp³-hybridized carbons (Fsp3) is 0.292. The molecule has 0 unspecified atom stereocenters. The summed E-state index contributed by atoms with van der Waals surface area (Å²) in [5.74, 6) is 0.828. The molecule has 9 heteroatoms. The zero-order valence-electron chi connectivity index (χ0n) is 18.8. The first-order valence-corrected chi connectivity index (χ1v) is 11.7. The van der Waals surface area contributed by atoms with Gasteiger partial charge in [0, 0.05) is 41.8 Å². The lowest BCUT2D eigenvalue weighted by Gasteiger charge is -2.13. The van der Waals surface area contributed by atoms with Gasteiger partial charge >= 0.3 is 0 Å². The molecule has 0 atom stereocenters. The molecule has 3 aromatic rings. The van der Waals surface area contributed by atoms with Gasteiger partial charge in [-0.25, -0.2) is 14.4 Å². The number of aromatic nitrogens is 2. The molecule has 1 heterocycles. The quantitative estimate of drug-likeness (QED) is 0.228. The van der Waals surface area contributed by atoms with Crippen molar-refractivity contribution in [3.05, 3.63) is 65.2 Å². The van der Waals surface area contributed by atoms with Crippen LogP contribution >= 0.6 is 23.4 Å². The molecular formula is C24H26ClFN4O2S. The van der Waals surface area contributed by atoms with E-state index in [0.717, 1.165) is 27.1 Å². The van der Waals surface area contributed by atoms with E-state index in [1.54, 1.807) is 31.0 Å². The van der Waals surface area contributed by atoms with Gasteiger partial charge in [-0.05, 0) is 56.1 Å². The van der Waals surface area contributed by atoms with Crippen molar-refractivity contribution in [1.29, 1.82) is 0 Å². The Balaban J connectivity index is 1.95. The standard InChI is InChI=1S/C24H26ClFN4O2S/c1-30(2)8-4-5-18(31)11-16-12-19-22(14-23(16)33-10-9-32-3)27-15-28-24(19)29-17-6-7-21(26)20(25)13-17/h4-7,12-15H,8-11H2,1-3H3,(H,27,28,29)/b5-4+. The third-order valence-electron chi connectivity index (χ3n) is 4.68. The van der Waals surface area contributed by atoms with Crippen molar-refractivity contribution in [2.45, 2.75) is 11.3 Å². The number of ether oxygens (including phenoxy) is 1. The van der Waals surface area contributed by atoms with Crippen molar-refractivity contribution in [3.8, 4) is 0 Å². The van der Waals surface area contributed by atoms with Gasteiger partial charge in [0.05, 0.1) is 17.1 Å². The van der Waals surface area contributed by atoms with Gasteiger partial charge in [0.25, 0.3) is 0 Å². The summed E-state index contributed by atoms with van der Waals surface area (Å²) >= 11 is 7.54. The van der Waals surface area contributed by atoms with Crippen molar-refractivity contribution in [2.75, 3.05) is 45.4 Å². The molecule has 0 aliphatic rings. The fourth-order valence-corrected chi connectivity index (χ4v) is 4.25. The largest absolute Gasteiger partial charge is 0.384 e. The minimum atomic E-state index is -0.490. The molecule has 33 heavy (non-hydrogen) atoms. The highest BCUT2D eigenvalue weighted by atomic mass is 35.5. The number of fused-ring (bicyclic) bond motifs is 1. The van der Waals surface area contributed by atoms with Gasteiger partial charge in [-0.15, -0.1) is 11.8 Å². The predicted molar refractivity (Wildman–Crippen MR) is 133 cm³/mol. The molecule has 174 valence electrons. The summed E-state index contributed by atoms with van der Waals surface area (Å²) < 4.78 is 18.7. The number of hydrogen-bond acceptors (Lipinski definition) is 7. The van der Waals surface area contributed by atoms with Crippen LogP contribution < -0.4 is 5.32 Å². The second-order valence-electron chi connectivity index (χ2n) is 7.60. The van der Waals surface area contributed by atoms with Crippen LogP contribution in [0.4, 0.5) is 15.9 Å². The number of nitrogens with one attached hydrogen (secondary N) is 1. The topological polar surface area (TPSA) is 67.4 Å². The van der Waals surface area contributed by atoms with Crippen molar-refractivity contribution in [2.24, 2.45) is 0 Å². The average molecular weight is 489 g/mol. The average Bonchev–Trinajstić information content (AvgIpc) is 2.77. The number of likely N-dealkylation sites (N-methyl/N-ethyl adjacent to an activating group) is 1. The monoisotopic (exact) mass is 488 g/mol. The molecule has 0 radical (unpaired) electrons. The van der Waals surface area contributed by atoms with E-state index < -0.39 is 5.82 Å². The van der Waals surface area contributed by atoms with E-state index in [1.807, 2.05) is 37.2 Å².